The van der Waals surface area contributed by atoms with E-state index in [0.717, 1.165) is 48.8 Å². The number of aliphatic hydroxyl groups is 1. The first-order chi connectivity index (χ1) is 47.9. The highest BCUT2D eigenvalue weighted by molar-refractivity contribution is 5.91. The van der Waals surface area contributed by atoms with Crippen molar-refractivity contribution in [3.05, 3.63) is 263 Å². The van der Waals surface area contributed by atoms with Gasteiger partial charge < -0.3 is 61.9 Å². The summed E-state index contributed by atoms with van der Waals surface area (Å²) in [5.74, 6) is -6.58. The van der Waals surface area contributed by atoms with E-state index in [0.29, 0.717) is 12.0 Å². The monoisotopic (exact) mass is 1340 g/mol. The fourth-order valence-corrected chi connectivity index (χ4v) is 12.8. The molecule has 516 valence electrons. The Hall–Kier alpha value is -8.85. The highest BCUT2D eigenvalue weighted by atomic mass is 16.7. The second-order valence-electron chi connectivity index (χ2n) is 25.0. The fraction of sp³-hybridized carbons (Fsp3) is 0.388. The molecule has 0 spiro atoms. The topological polar surface area (TPSA) is 216 Å². The summed E-state index contributed by atoms with van der Waals surface area (Å²) in [7, 11) is 1.30. The van der Waals surface area contributed by atoms with Crippen LogP contribution in [-0.4, -0.2) is 110 Å². The van der Waals surface area contributed by atoms with Gasteiger partial charge in [0.15, 0.2) is 24.3 Å². The highest BCUT2D eigenvalue weighted by Gasteiger charge is 2.52. The van der Waals surface area contributed by atoms with Crippen LogP contribution < -0.4 is 0 Å². The molecule has 3 aliphatic rings. The summed E-state index contributed by atoms with van der Waals surface area (Å²) in [5, 5.41) is 13.4. The van der Waals surface area contributed by atoms with Gasteiger partial charge in [0.25, 0.3) is 0 Å². The number of methoxy groups -OCH3 is 1. The van der Waals surface area contributed by atoms with Crippen LogP contribution in [-0.2, 0) is 92.9 Å². The molecule has 0 aromatic heterocycles. The van der Waals surface area contributed by atoms with E-state index < -0.39 is 121 Å². The number of benzene rings is 7. The van der Waals surface area contributed by atoms with E-state index in [1.807, 2.05) is 135 Å². The number of hydrogen-bond acceptors (Lipinski definition) is 18. The molecule has 2 aliphatic carbocycles. The Morgan fingerprint density at radius 3 is 1.51 bits per heavy atom. The zero-order chi connectivity index (χ0) is 68.4. The van der Waals surface area contributed by atoms with Crippen molar-refractivity contribution in [1.82, 2.24) is 0 Å². The van der Waals surface area contributed by atoms with Crippen LogP contribution in [0.2, 0.25) is 0 Å². The number of carbonyl (C=O) groups is 5. The summed E-state index contributed by atoms with van der Waals surface area (Å²) in [6.45, 7) is 3.75. The van der Waals surface area contributed by atoms with Gasteiger partial charge in [0.1, 0.15) is 24.9 Å². The summed E-state index contributed by atoms with van der Waals surface area (Å²) in [6.07, 6.45) is -7.82. The number of rotatable bonds is 32. The Balaban J connectivity index is 1.09. The van der Waals surface area contributed by atoms with Crippen LogP contribution in [0.4, 0.5) is 0 Å². The number of carbonyl (C=O) groups excluding carboxylic acids is 5. The quantitative estimate of drug-likeness (QED) is 0.0179. The molecular weight excluding hydrogens is 1250 g/mol. The van der Waals surface area contributed by atoms with Gasteiger partial charge in [-0.15, -0.1) is 0 Å². The summed E-state index contributed by atoms with van der Waals surface area (Å²) in [6, 6.07) is 62.6. The Morgan fingerprint density at radius 2 is 0.990 bits per heavy atom. The molecule has 7 aromatic carbocycles. The molecule has 0 amide bonds. The van der Waals surface area contributed by atoms with Crippen LogP contribution in [0, 0.1) is 17.8 Å². The van der Waals surface area contributed by atoms with Crippen LogP contribution in [0.15, 0.2) is 224 Å². The maximum absolute atomic E-state index is 15.0. The van der Waals surface area contributed by atoms with E-state index in [9.17, 15) is 24.3 Å². The van der Waals surface area contributed by atoms with Gasteiger partial charge in [-0.05, 0) is 96.7 Å². The first-order valence-corrected chi connectivity index (χ1v) is 34.0. The van der Waals surface area contributed by atoms with E-state index >= 15 is 4.79 Å². The fourth-order valence-electron chi connectivity index (χ4n) is 12.8. The molecule has 1 heterocycles. The molecule has 0 radical (unpaired) electrons. The van der Waals surface area contributed by atoms with Crippen LogP contribution >= 0.6 is 0 Å². The van der Waals surface area contributed by atoms with Crippen molar-refractivity contribution in [2.75, 3.05) is 13.7 Å². The third-order valence-corrected chi connectivity index (χ3v) is 18.1. The molecule has 12 atom stereocenters. The van der Waals surface area contributed by atoms with Crippen molar-refractivity contribution in [2.45, 2.75) is 166 Å². The standard InChI is InChI=1S/C80H88O18/c1-4-60-48-64(74(81)87-3)49-66(69(60)98-80-73(91-52-58-35-19-8-20-36-58)71(90-51-57-33-17-7-18-34-57)68(54(2)93-80)89-50-56-31-15-6-16-32-56)96-79(86)72(97-77(84)63-43-27-12-28-44-63)70(94-67(47-55-29-13-5-14-30-55)78(85)92-53-59-37-21-9-22-38-59)65(95-76(83)62-41-25-11-26-42-62)45-46-88-75(82)61-39-23-10-24-40-61/h6-12,15-28,31-44,54-55,60,64-69,71,73,79-80,86H,4-5,13-14,29-30,45-53H2,1-3H3/b72-70+/t54?,60?,64?,65-,66+,67-,68+,69?,71?,73?,79-,80-/m0/s1. The lowest BCUT2D eigenvalue weighted by molar-refractivity contribution is -0.343. The zero-order valence-electron chi connectivity index (χ0n) is 55.7. The average molecular weight is 1340 g/mol. The maximum atomic E-state index is 15.0. The van der Waals surface area contributed by atoms with Gasteiger partial charge in [-0.25, -0.2) is 19.2 Å². The molecule has 0 bridgehead atoms. The lowest BCUT2D eigenvalue weighted by atomic mass is 9.76. The van der Waals surface area contributed by atoms with E-state index in [2.05, 4.69) is 0 Å². The van der Waals surface area contributed by atoms with Gasteiger partial charge in [-0.2, -0.15) is 0 Å². The van der Waals surface area contributed by atoms with Crippen LogP contribution in [0.5, 0.6) is 0 Å². The SMILES string of the molecule is CCC1CC(C(=O)OC)C[C@@H](O[C@H](O)/C(OC(=O)c2ccccc2)=C(\O[C@@H](CC2CCCCC2)C(=O)OCc2ccccc2)[C@H](CCOC(=O)c2ccccc2)OC(=O)c2ccccc2)C1O[C@@H]1OC(C)[C@@H](OCc2ccccc2)C(OCc2ccccc2)C1OCc1ccccc1. The maximum Gasteiger partial charge on any atom is 0.347 e. The minimum Gasteiger partial charge on any atom is -0.475 e. The Bertz CT molecular complexity index is 3600. The van der Waals surface area contributed by atoms with E-state index in [1.54, 1.807) is 66.7 Å². The molecule has 1 saturated heterocycles. The highest BCUT2D eigenvalue weighted by Crippen LogP contribution is 2.41. The third-order valence-electron chi connectivity index (χ3n) is 18.1. The number of esters is 5. The summed E-state index contributed by atoms with van der Waals surface area (Å²) >= 11 is 0. The minimum atomic E-state index is -2.36. The molecule has 6 unspecified atom stereocenters. The summed E-state index contributed by atoms with van der Waals surface area (Å²) < 4.78 is 79.3. The van der Waals surface area contributed by atoms with Crippen LogP contribution in [0.25, 0.3) is 0 Å². The van der Waals surface area contributed by atoms with Crippen molar-refractivity contribution in [3.63, 3.8) is 0 Å². The Labute approximate surface area is 573 Å². The van der Waals surface area contributed by atoms with Crippen molar-refractivity contribution in [2.24, 2.45) is 17.8 Å². The normalized spacial score (nSPS) is 22.2. The summed E-state index contributed by atoms with van der Waals surface area (Å²) in [4.78, 5) is 72.4. The predicted octanol–water partition coefficient (Wildman–Crippen LogP) is 13.8. The van der Waals surface area contributed by atoms with E-state index in [1.165, 1.54) is 31.4 Å². The number of aliphatic hydroxyl groups excluding tert-OH is 1. The van der Waals surface area contributed by atoms with Gasteiger partial charge in [-0.1, -0.05) is 221 Å². The van der Waals surface area contributed by atoms with Crippen molar-refractivity contribution >= 4 is 29.8 Å². The Morgan fingerprint density at radius 1 is 0.510 bits per heavy atom. The number of ether oxygens (including phenoxy) is 12. The van der Waals surface area contributed by atoms with Gasteiger partial charge >= 0.3 is 29.8 Å². The Kier molecular flexibility index (Phi) is 27.3. The van der Waals surface area contributed by atoms with Crippen molar-refractivity contribution < 1.29 is 85.9 Å². The molecule has 98 heavy (non-hydrogen) atoms. The molecule has 18 nitrogen and oxygen atoms in total. The molecule has 18 heteroatoms. The zero-order valence-corrected chi connectivity index (χ0v) is 55.7. The molecule has 3 fully saturated rings. The molecule has 1 aliphatic heterocycles. The van der Waals surface area contributed by atoms with Crippen molar-refractivity contribution in [1.29, 1.82) is 0 Å². The molecule has 10 rings (SSSR count). The largest absolute Gasteiger partial charge is 0.475 e. The average Bonchev–Trinajstić information content (AvgIpc) is 0.782. The van der Waals surface area contributed by atoms with E-state index in [-0.39, 0.29) is 74.7 Å². The van der Waals surface area contributed by atoms with Gasteiger partial charge in [0.2, 0.25) is 12.0 Å². The van der Waals surface area contributed by atoms with E-state index in [4.69, 9.17) is 56.8 Å². The lowest BCUT2D eigenvalue weighted by Gasteiger charge is -2.48. The van der Waals surface area contributed by atoms with Gasteiger partial charge in [0.05, 0.1) is 74.5 Å². The third kappa shape index (κ3) is 20.6. The van der Waals surface area contributed by atoms with Crippen LogP contribution in [0.3, 0.4) is 0 Å². The second-order valence-corrected chi connectivity index (χ2v) is 25.0. The number of hydrogen-bond donors (Lipinski definition) is 1. The predicted molar refractivity (Wildman–Crippen MR) is 362 cm³/mol. The first kappa shape index (κ1) is 71.9. The van der Waals surface area contributed by atoms with Crippen LogP contribution in [0.1, 0.15) is 131 Å². The molecule has 2 saturated carbocycles. The first-order valence-electron chi connectivity index (χ1n) is 34.0. The van der Waals surface area contributed by atoms with Crippen molar-refractivity contribution in [3.8, 4) is 0 Å². The molecule has 1 N–H and O–H groups in total. The summed E-state index contributed by atoms with van der Waals surface area (Å²) in [5.41, 5.74) is 3.75. The van der Waals surface area contributed by atoms with Gasteiger partial charge in [-0.3, -0.25) is 4.79 Å². The minimum absolute atomic E-state index is 0.0306. The molecule has 7 aromatic rings. The lowest BCUT2D eigenvalue weighted by Crippen LogP contribution is -2.62. The molecular formula is C80H88O18. The van der Waals surface area contributed by atoms with Gasteiger partial charge in [0, 0.05) is 6.42 Å². The second kappa shape index (κ2) is 37.2. The smallest absolute Gasteiger partial charge is 0.347 e.